The minimum Gasteiger partial charge on any atom is -0.369 e. The van der Waals surface area contributed by atoms with E-state index in [-0.39, 0.29) is 0 Å². The number of aromatic nitrogens is 5. The van der Waals surface area contributed by atoms with E-state index in [1.54, 1.807) is 18.3 Å². The van der Waals surface area contributed by atoms with Crippen LogP contribution in [0.5, 0.6) is 0 Å². The van der Waals surface area contributed by atoms with E-state index in [0.29, 0.717) is 10.8 Å². The van der Waals surface area contributed by atoms with E-state index in [1.807, 2.05) is 12.1 Å². The largest absolute Gasteiger partial charge is 0.369 e. The molecular weight excluding hydrogens is 422 g/mol. The number of hydrogen-bond donors (Lipinski definition) is 2. The van der Waals surface area contributed by atoms with Crippen molar-refractivity contribution < 1.29 is 0 Å². The Balaban J connectivity index is 1.33. The summed E-state index contributed by atoms with van der Waals surface area (Å²) in [6.07, 6.45) is 1.68. The molecule has 1 fully saturated rings. The summed E-state index contributed by atoms with van der Waals surface area (Å²) >= 11 is 6.11. The van der Waals surface area contributed by atoms with Gasteiger partial charge in [0.05, 0.1) is 22.1 Å². The zero-order valence-corrected chi connectivity index (χ0v) is 18.4. The lowest BCUT2D eigenvalue weighted by atomic mass is 10.2. The molecule has 3 aromatic heterocycles. The lowest BCUT2D eigenvalue weighted by Gasteiger charge is -2.34. The molecule has 160 valence electrons. The van der Waals surface area contributed by atoms with Gasteiger partial charge in [-0.3, -0.25) is 4.98 Å². The van der Waals surface area contributed by atoms with Gasteiger partial charge < -0.3 is 19.8 Å². The molecule has 7 nitrogen and oxygen atoms in total. The van der Waals surface area contributed by atoms with Gasteiger partial charge in [-0.1, -0.05) is 11.6 Å². The van der Waals surface area contributed by atoms with Crippen LogP contribution in [0.15, 0.2) is 54.7 Å². The van der Waals surface area contributed by atoms with E-state index in [0.717, 1.165) is 65.3 Å². The Bertz CT molecular complexity index is 1430. The first-order chi connectivity index (χ1) is 15.6. The van der Waals surface area contributed by atoms with E-state index in [2.05, 4.69) is 61.0 Å². The number of rotatable bonds is 3. The zero-order chi connectivity index (χ0) is 21.7. The number of benzene rings is 2. The van der Waals surface area contributed by atoms with Crippen LogP contribution in [0.2, 0.25) is 5.02 Å². The molecule has 32 heavy (non-hydrogen) atoms. The van der Waals surface area contributed by atoms with Crippen molar-refractivity contribution in [1.29, 1.82) is 0 Å². The highest BCUT2D eigenvalue weighted by molar-refractivity contribution is 6.30. The van der Waals surface area contributed by atoms with Crippen molar-refractivity contribution in [2.24, 2.45) is 0 Å². The number of pyridine rings is 1. The molecule has 0 unspecified atom stereocenters. The first-order valence-corrected chi connectivity index (χ1v) is 11.1. The zero-order valence-electron chi connectivity index (χ0n) is 17.6. The summed E-state index contributed by atoms with van der Waals surface area (Å²) in [7, 11) is 2.17. The second kappa shape index (κ2) is 7.62. The van der Waals surface area contributed by atoms with Crippen LogP contribution >= 0.6 is 11.6 Å². The maximum atomic E-state index is 6.11. The number of H-pyrrole nitrogens is 2. The monoisotopic (exact) mass is 443 g/mol. The third-order valence-electron chi connectivity index (χ3n) is 6.05. The summed E-state index contributed by atoms with van der Waals surface area (Å²) < 4.78 is 0. The molecule has 2 aromatic carbocycles. The summed E-state index contributed by atoms with van der Waals surface area (Å²) in [6, 6.07) is 16.1. The van der Waals surface area contributed by atoms with Crippen LogP contribution in [-0.4, -0.2) is 63.0 Å². The predicted molar refractivity (Wildman–Crippen MR) is 129 cm³/mol. The normalized spacial score (nSPS) is 15.1. The molecular formula is C24H22ClN7. The Morgan fingerprint density at radius 2 is 1.53 bits per heavy atom. The first kappa shape index (κ1) is 19.3. The summed E-state index contributed by atoms with van der Waals surface area (Å²) in [4.78, 5) is 25.5. The topological polar surface area (TPSA) is 76.7 Å². The lowest BCUT2D eigenvalue weighted by Crippen LogP contribution is -2.44. The first-order valence-electron chi connectivity index (χ1n) is 10.7. The molecule has 0 bridgehead atoms. The number of hydrogen-bond acceptors (Lipinski definition) is 5. The van der Waals surface area contributed by atoms with Crippen molar-refractivity contribution in [2.75, 3.05) is 38.1 Å². The maximum Gasteiger partial charge on any atom is 0.157 e. The fourth-order valence-electron chi connectivity index (χ4n) is 4.21. The van der Waals surface area contributed by atoms with Crippen molar-refractivity contribution in [1.82, 2.24) is 29.8 Å². The van der Waals surface area contributed by atoms with E-state index >= 15 is 0 Å². The molecule has 4 heterocycles. The number of anilines is 1. The average molecular weight is 444 g/mol. The smallest absolute Gasteiger partial charge is 0.157 e. The van der Waals surface area contributed by atoms with E-state index in [9.17, 15) is 0 Å². The Kier molecular flexibility index (Phi) is 4.59. The highest BCUT2D eigenvalue weighted by Crippen LogP contribution is 2.28. The van der Waals surface area contributed by atoms with E-state index in [1.165, 1.54) is 5.69 Å². The summed E-state index contributed by atoms with van der Waals surface area (Å²) in [6.45, 7) is 4.26. The number of fused-ring (bicyclic) bond motifs is 2. The van der Waals surface area contributed by atoms with Crippen LogP contribution in [0.1, 0.15) is 0 Å². The second-order valence-electron chi connectivity index (χ2n) is 8.25. The molecule has 0 radical (unpaired) electrons. The molecule has 1 aliphatic rings. The molecule has 0 amide bonds. The van der Waals surface area contributed by atoms with E-state index < -0.39 is 0 Å². The number of nitrogens with one attached hydrogen (secondary N) is 2. The number of likely N-dealkylation sites (N-methyl/N-ethyl adjacent to an activating group) is 1. The van der Waals surface area contributed by atoms with Crippen molar-refractivity contribution in [2.45, 2.75) is 0 Å². The quantitative estimate of drug-likeness (QED) is 0.427. The highest BCUT2D eigenvalue weighted by atomic mass is 35.5. The predicted octanol–water partition coefficient (Wildman–Crippen LogP) is 4.57. The van der Waals surface area contributed by atoms with Crippen LogP contribution in [-0.2, 0) is 0 Å². The van der Waals surface area contributed by atoms with Crippen LogP contribution in [0, 0.1) is 0 Å². The summed E-state index contributed by atoms with van der Waals surface area (Å²) in [5.74, 6) is 1.54. The van der Waals surface area contributed by atoms with Gasteiger partial charge in [-0.2, -0.15) is 0 Å². The molecule has 5 aromatic rings. The third kappa shape index (κ3) is 3.49. The molecule has 0 aliphatic carbocycles. The van der Waals surface area contributed by atoms with E-state index in [4.69, 9.17) is 16.6 Å². The van der Waals surface area contributed by atoms with Gasteiger partial charge in [0, 0.05) is 48.6 Å². The van der Waals surface area contributed by atoms with Gasteiger partial charge in [-0.05, 0) is 55.6 Å². The van der Waals surface area contributed by atoms with Gasteiger partial charge in [0.2, 0.25) is 0 Å². The van der Waals surface area contributed by atoms with Gasteiger partial charge in [-0.15, -0.1) is 0 Å². The average Bonchev–Trinajstić information content (AvgIpc) is 3.43. The fraction of sp³-hybridized carbons (Fsp3) is 0.208. The number of piperazine rings is 1. The second-order valence-corrected chi connectivity index (χ2v) is 8.69. The molecule has 1 saturated heterocycles. The summed E-state index contributed by atoms with van der Waals surface area (Å²) in [5, 5.41) is 0.634. The number of imidazole rings is 2. The van der Waals surface area contributed by atoms with Gasteiger partial charge in [-0.25, -0.2) is 9.97 Å². The number of aromatic amines is 2. The Labute approximate surface area is 190 Å². The van der Waals surface area contributed by atoms with Gasteiger partial charge in [0.15, 0.2) is 5.82 Å². The lowest BCUT2D eigenvalue weighted by molar-refractivity contribution is 0.313. The fourth-order valence-corrected chi connectivity index (χ4v) is 4.37. The summed E-state index contributed by atoms with van der Waals surface area (Å²) in [5.41, 5.74) is 6.77. The number of nitrogens with zero attached hydrogens (tertiary/aromatic N) is 5. The van der Waals surface area contributed by atoms with Crippen molar-refractivity contribution in [3.8, 4) is 22.9 Å². The van der Waals surface area contributed by atoms with Crippen LogP contribution in [0.4, 0.5) is 5.69 Å². The molecule has 6 rings (SSSR count). The van der Waals surface area contributed by atoms with Gasteiger partial charge >= 0.3 is 0 Å². The third-order valence-corrected chi connectivity index (χ3v) is 6.29. The van der Waals surface area contributed by atoms with Crippen molar-refractivity contribution >= 4 is 39.4 Å². The Morgan fingerprint density at radius 3 is 2.34 bits per heavy atom. The van der Waals surface area contributed by atoms with Crippen molar-refractivity contribution in [3.63, 3.8) is 0 Å². The molecule has 0 atom stereocenters. The molecule has 1 aliphatic heterocycles. The highest BCUT2D eigenvalue weighted by Gasteiger charge is 2.16. The van der Waals surface area contributed by atoms with Crippen LogP contribution in [0.25, 0.3) is 45.0 Å². The number of halogens is 1. The Hall–Kier alpha value is -3.42. The molecule has 0 spiro atoms. The molecule has 8 heteroatoms. The van der Waals surface area contributed by atoms with Crippen LogP contribution < -0.4 is 4.90 Å². The molecule has 2 N–H and O–H groups in total. The van der Waals surface area contributed by atoms with Crippen molar-refractivity contribution in [3.05, 3.63) is 59.8 Å². The maximum absolute atomic E-state index is 6.11. The van der Waals surface area contributed by atoms with Gasteiger partial charge in [0.25, 0.3) is 0 Å². The van der Waals surface area contributed by atoms with Crippen LogP contribution in [0.3, 0.4) is 0 Å². The minimum absolute atomic E-state index is 0.634. The SMILES string of the molecule is CN1CCN(c2ccc3nc(-c4ccc5nc(-c6cc(Cl)ccn6)[nH]c5c4)[nH]c3c2)CC1. The van der Waals surface area contributed by atoms with Gasteiger partial charge in [0.1, 0.15) is 11.5 Å². The standard InChI is InChI=1S/C24H22ClN7/c1-31-8-10-32(11-9-31)17-3-5-19-21(14-17)29-23(27-19)15-2-4-18-20(12-15)30-24(28-18)22-13-16(25)6-7-26-22/h2-7,12-14H,8-11H2,1H3,(H,27,29)(H,28,30). The molecule has 0 saturated carbocycles. The Morgan fingerprint density at radius 1 is 0.812 bits per heavy atom. The minimum atomic E-state index is 0.634.